The summed E-state index contributed by atoms with van der Waals surface area (Å²) in [6.45, 7) is 2.57. The van der Waals surface area contributed by atoms with Crippen molar-refractivity contribution < 1.29 is 19.1 Å². The normalized spacial score (nSPS) is 10.5. The van der Waals surface area contributed by atoms with Gasteiger partial charge in [-0.25, -0.2) is 0 Å². The van der Waals surface area contributed by atoms with Crippen molar-refractivity contribution in [1.29, 1.82) is 0 Å². The van der Waals surface area contributed by atoms with Crippen LogP contribution in [0, 0.1) is 0 Å². The Balaban J connectivity index is 1.64. The van der Waals surface area contributed by atoms with Crippen LogP contribution in [0.25, 0.3) is 0 Å². The Labute approximate surface area is 188 Å². The summed E-state index contributed by atoms with van der Waals surface area (Å²) in [6, 6.07) is 24.6. The summed E-state index contributed by atoms with van der Waals surface area (Å²) in [7, 11) is 1.52. The van der Waals surface area contributed by atoms with Crippen LogP contribution in [-0.4, -0.2) is 25.5 Å². The third-order valence-electron chi connectivity index (χ3n) is 5.00. The smallest absolute Gasteiger partial charge is 0.269 e. The summed E-state index contributed by atoms with van der Waals surface area (Å²) in [5.41, 5.74) is 7.44. The van der Waals surface area contributed by atoms with E-state index in [1.807, 2.05) is 67.6 Å². The lowest BCUT2D eigenvalue weighted by atomic mass is 9.88. The maximum absolute atomic E-state index is 12.7. The van der Waals surface area contributed by atoms with E-state index in [0.29, 0.717) is 23.7 Å². The van der Waals surface area contributed by atoms with E-state index in [1.54, 1.807) is 18.2 Å². The van der Waals surface area contributed by atoms with Crippen molar-refractivity contribution in [3.05, 3.63) is 95.6 Å². The van der Waals surface area contributed by atoms with Crippen LogP contribution in [0.5, 0.6) is 11.5 Å². The quantitative estimate of drug-likeness (QED) is 0.489. The maximum atomic E-state index is 12.7. The number of benzene rings is 3. The Kier molecular flexibility index (Phi) is 8.26. The molecule has 6 heteroatoms. The molecule has 166 valence electrons. The number of amides is 2. The van der Waals surface area contributed by atoms with Crippen molar-refractivity contribution >= 4 is 11.8 Å². The van der Waals surface area contributed by atoms with Gasteiger partial charge in [0.15, 0.2) is 11.5 Å². The topological polar surface area (TPSA) is 76.7 Å². The predicted octanol–water partition coefficient (Wildman–Crippen LogP) is 4.47. The fourth-order valence-electron chi connectivity index (χ4n) is 3.37. The molecule has 0 fully saturated rings. The number of carbonyl (C=O) groups excluding carboxylic acids is 2. The van der Waals surface area contributed by atoms with Gasteiger partial charge in [0, 0.05) is 17.9 Å². The summed E-state index contributed by atoms with van der Waals surface area (Å²) in [5, 5.41) is 0. The first-order valence-electron chi connectivity index (χ1n) is 10.6. The molecule has 3 rings (SSSR count). The summed E-state index contributed by atoms with van der Waals surface area (Å²) in [6.07, 6.45) is 1.06. The molecule has 0 saturated heterocycles. The number of hydrogen-bond acceptors (Lipinski definition) is 4. The van der Waals surface area contributed by atoms with Crippen LogP contribution in [0.4, 0.5) is 0 Å². The number of rotatable bonds is 9. The average molecular weight is 433 g/mol. The van der Waals surface area contributed by atoms with Crippen molar-refractivity contribution in [2.24, 2.45) is 0 Å². The van der Waals surface area contributed by atoms with Gasteiger partial charge in [-0.1, -0.05) is 67.6 Å². The molecule has 0 heterocycles. The summed E-state index contributed by atoms with van der Waals surface area (Å²) in [4.78, 5) is 25.2. The monoisotopic (exact) mass is 432 g/mol. The highest BCUT2D eigenvalue weighted by Crippen LogP contribution is 2.29. The lowest BCUT2D eigenvalue weighted by Crippen LogP contribution is -2.42. The van der Waals surface area contributed by atoms with Crippen LogP contribution in [0.15, 0.2) is 78.9 Å². The van der Waals surface area contributed by atoms with E-state index in [9.17, 15) is 9.59 Å². The number of carbonyl (C=O) groups is 2. The number of hydrogen-bond donors (Lipinski definition) is 2. The Bertz CT molecular complexity index is 983. The SMILES string of the molecule is CCCOc1ccc(C(=O)NNC(=O)CC(c2ccccc2)c2ccccc2)cc1OC. The molecule has 0 unspecified atom stereocenters. The summed E-state index contributed by atoms with van der Waals surface area (Å²) < 4.78 is 10.9. The highest BCUT2D eigenvalue weighted by molar-refractivity contribution is 5.96. The van der Waals surface area contributed by atoms with Crippen LogP contribution in [-0.2, 0) is 4.79 Å². The van der Waals surface area contributed by atoms with Crippen molar-refractivity contribution in [3.63, 3.8) is 0 Å². The van der Waals surface area contributed by atoms with Crippen LogP contribution < -0.4 is 20.3 Å². The van der Waals surface area contributed by atoms with Gasteiger partial charge in [-0.15, -0.1) is 0 Å². The highest BCUT2D eigenvalue weighted by Gasteiger charge is 2.19. The molecule has 0 spiro atoms. The van der Waals surface area contributed by atoms with Crippen molar-refractivity contribution in [1.82, 2.24) is 10.9 Å². The zero-order chi connectivity index (χ0) is 22.8. The van der Waals surface area contributed by atoms with Crippen LogP contribution >= 0.6 is 0 Å². The van der Waals surface area contributed by atoms with Gasteiger partial charge in [-0.05, 0) is 35.7 Å². The van der Waals surface area contributed by atoms with E-state index < -0.39 is 5.91 Å². The zero-order valence-corrected chi connectivity index (χ0v) is 18.3. The second kappa shape index (κ2) is 11.6. The van der Waals surface area contributed by atoms with Crippen LogP contribution in [0.2, 0.25) is 0 Å². The van der Waals surface area contributed by atoms with Gasteiger partial charge in [0.1, 0.15) is 0 Å². The Morgan fingerprint density at radius 1 is 0.844 bits per heavy atom. The molecule has 0 radical (unpaired) electrons. The number of hydrazine groups is 1. The third kappa shape index (κ3) is 6.11. The zero-order valence-electron chi connectivity index (χ0n) is 18.3. The van der Waals surface area contributed by atoms with E-state index >= 15 is 0 Å². The minimum absolute atomic E-state index is 0.121. The molecule has 0 aliphatic heterocycles. The van der Waals surface area contributed by atoms with E-state index in [-0.39, 0.29) is 18.2 Å². The number of nitrogens with one attached hydrogen (secondary N) is 2. The summed E-state index contributed by atoms with van der Waals surface area (Å²) >= 11 is 0. The molecule has 0 bridgehead atoms. The van der Waals surface area contributed by atoms with Gasteiger partial charge >= 0.3 is 0 Å². The molecule has 0 saturated carbocycles. The molecular weight excluding hydrogens is 404 g/mol. The molecule has 2 amide bonds. The molecule has 0 atom stereocenters. The second-order valence-electron chi connectivity index (χ2n) is 7.29. The van der Waals surface area contributed by atoms with Gasteiger partial charge in [0.25, 0.3) is 5.91 Å². The van der Waals surface area contributed by atoms with E-state index in [4.69, 9.17) is 9.47 Å². The Morgan fingerprint density at radius 3 is 2.03 bits per heavy atom. The Hall–Kier alpha value is -3.80. The molecule has 32 heavy (non-hydrogen) atoms. The largest absolute Gasteiger partial charge is 0.493 e. The first-order valence-corrected chi connectivity index (χ1v) is 10.6. The predicted molar refractivity (Wildman–Crippen MR) is 124 cm³/mol. The van der Waals surface area contributed by atoms with E-state index in [2.05, 4.69) is 10.9 Å². The molecule has 0 aliphatic rings. The summed E-state index contributed by atoms with van der Waals surface area (Å²) in [5.74, 6) is 0.194. The molecule has 3 aromatic rings. The van der Waals surface area contributed by atoms with Gasteiger partial charge in [0.2, 0.25) is 5.91 Å². The molecule has 0 aromatic heterocycles. The minimum atomic E-state index is -0.435. The van der Waals surface area contributed by atoms with Crippen LogP contribution in [0.1, 0.15) is 47.2 Å². The first-order chi connectivity index (χ1) is 15.6. The lowest BCUT2D eigenvalue weighted by molar-refractivity contribution is -0.122. The second-order valence-corrected chi connectivity index (χ2v) is 7.29. The van der Waals surface area contributed by atoms with Crippen molar-refractivity contribution in [3.8, 4) is 11.5 Å². The van der Waals surface area contributed by atoms with Crippen molar-refractivity contribution in [2.45, 2.75) is 25.7 Å². The molecule has 3 aromatic carbocycles. The van der Waals surface area contributed by atoms with Gasteiger partial charge in [-0.2, -0.15) is 0 Å². The number of methoxy groups -OCH3 is 1. The van der Waals surface area contributed by atoms with Crippen molar-refractivity contribution in [2.75, 3.05) is 13.7 Å². The van der Waals surface area contributed by atoms with Crippen LogP contribution in [0.3, 0.4) is 0 Å². The molecular formula is C26H28N2O4. The average Bonchev–Trinajstić information content (AvgIpc) is 2.85. The minimum Gasteiger partial charge on any atom is -0.493 e. The fourth-order valence-corrected chi connectivity index (χ4v) is 3.37. The van der Waals surface area contributed by atoms with Gasteiger partial charge in [-0.3, -0.25) is 20.4 Å². The van der Waals surface area contributed by atoms with Gasteiger partial charge < -0.3 is 9.47 Å². The standard InChI is InChI=1S/C26H28N2O4/c1-3-16-32-23-15-14-21(17-24(23)31-2)26(30)28-27-25(29)18-22(19-10-6-4-7-11-19)20-12-8-5-9-13-20/h4-15,17,22H,3,16,18H2,1-2H3,(H,27,29)(H,28,30). The molecule has 0 aliphatic carbocycles. The maximum Gasteiger partial charge on any atom is 0.269 e. The first kappa shape index (κ1) is 22.9. The highest BCUT2D eigenvalue weighted by atomic mass is 16.5. The van der Waals surface area contributed by atoms with Gasteiger partial charge in [0.05, 0.1) is 13.7 Å². The molecule has 2 N–H and O–H groups in total. The third-order valence-corrected chi connectivity index (χ3v) is 5.00. The fraction of sp³-hybridized carbons (Fsp3) is 0.231. The lowest BCUT2D eigenvalue weighted by Gasteiger charge is -2.18. The van der Waals surface area contributed by atoms with E-state index in [0.717, 1.165) is 17.5 Å². The Morgan fingerprint density at radius 2 is 1.47 bits per heavy atom. The molecule has 6 nitrogen and oxygen atoms in total. The van der Waals surface area contributed by atoms with E-state index in [1.165, 1.54) is 7.11 Å². The number of ether oxygens (including phenoxy) is 2.